The summed E-state index contributed by atoms with van der Waals surface area (Å²) < 4.78 is 0. The summed E-state index contributed by atoms with van der Waals surface area (Å²) in [6.07, 6.45) is 5.38. The van der Waals surface area contributed by atoms with Gasteiger partial charge < -0.3 is 10.8 Å². The molecule has 2 unspecified atom stereocenters. The molecule has 0 saturated heterocycles. The maximum Gasteiger partial charge on any atom is 0.304 e. The summed E-state index contributed by atoms with van der Waals surface area (Å²) in [5.41, 5.74) is 5.21. The van der Waals surface area contributed by atoms with E-state index in [1.807, 2.05) is 12.2 Å². The van der Waals surface area contributed by atoms with Crippen molar-refractivity contribution in [2.75, 3.05) is 6.54 Å². The Morgan fingerprint density at radius 1 is 1.77 bits per heavy atom. The fraction of sp³-hybridized carbons (Fsp3) is 0.667. The monoisotopic (exact) mass is 203 g/mol. The van der Waals surface area contributed by atoms with Crippen LogP contribution in [0.1, 0.15) is 19.3 Å². The highest BCUT2D eigenvalue weighted by Gasteiger charge is 2.31. The van der Waals surface area contributed by atoms with Crippen LogP contribution in [0.5, 0.6) is 0 Å². The zero-order chi connectivity index (χ0) is 9.90. The largest absolute Gasteiger partial charge is 0.481 e. The second-order valence-electron chi connectivity index (χ2n) is 3.55. The van der Waals surface area contributed by atoms with Gasteiger partial charge in [0, 0.05) is 12.0 Å². The number of carboxylic acids is 1. The fourth-order valence-electron chi connectivity index (χ4n) is 1.60. The van der Waals surface area contributed by atoms with Crippen molar-refractivity contribution in [1.82, 2.24) is 0 Å². The van der Waals surface area contributed by atoms with E-state index in [1.54, 1.807) is 0 Å². The SMILES string of the molecule is NCC1(CC(=O)O)C=CC(Cl)CC1. The van der Waals surface area contributed by atoms with Crippen LogP contribution in [0.25, 0.3) is 0 Å². The highest BCUT2D eigenvalue weighted by atomic mass is 35.5. The molecule has 0 amide bonds. The molecule has 0 bridgehead atoms. The number of carboxylic acid groups (broad SMARTS) is 1. The van der Waals surface area contributed by atoms with Crippen LogP contribution in [0.2, 0.25) is 0 Å². The predicted molar refractivity (Wildman–Crippen MR) is 51.8 cm³/mol. The van der Waals surface area contributed by atoms with Gasteiger partial charge in [0.05, 0.1) is 11.8 Å². The number of aliphatic carboxylic acids is 1. The number of allylic oxidation sites excluding steroid dienone is 1. The van der Waals surface area contributed by atoms with E-state index in [2.05, 4.69) is 0 Å². The molecular formula is C9H14ClNO2. The second-order valence-corrected chi connectivity index (χ2v) is 4.11. The highest BCUT2D eigenvalue weighted by Crippen LogP contribution is 2.34. The molecule has 0 aromatic rings. The summed E-state index contributed by atoms with van der Waals surface area (Å²) in [6.45, 7) is 0.374. The molecule has 0 aromatic heterocycles. The van der Waals surface area contributed by atoms with Crippen LogP contribution in [0, 0.1) is 5.41 Å². The molecule has 4 heteroatoms. The van der Waals surface area contributed by atoms with Crippen LogP contribution in [0.4, 0.5) is 0 Å². The maximum absolute atomic E-state index is 10.6. The van der Waals surface area contributed by atoms with Gasteiger partial charge in [-0.3, -0.25) is 4.79 Å². The van der Waals surface area contributed by atoms with Crippen molar-refractivity contribution < 1.29 is 9.90 Å². The molecule has 1 rings (SSSR count). The molecule has 0 spiro atoms. The van der Waals surface area contributed by atoms with Crippen LogP contribution in [0.15, 0.2) is 12.2 Å². The molecule has 0 radical (unpaired) electrons. The maximum atomic E-state index is 10.6. The number of carbonyl (C=O) groups is 1. The first-order valence-electron chi connectivity index (χ1n) is 4.33. The van der Waals surface area contributed by atoms with Crippen molar-refractivity contribution in [1.29, 1.82) is 0 Å². The van der Waals surface area contributed by atoms with Gasteiger partial charge >= 0.3 is 5.97 Å². The number of nitrogens with two attached hydrogens (primary N) is 1. The predicted octanol–water partition coefficient (Wildman–Crippen LogP) is 1.36. The normalized spacial score (nSPS) is 33.2. The Morgan fingerprint density at radius 2 is 2.46 bits per heavy atom. The molecular weight excluding hydrogens is 190 g/mol. The fourth-order valence-corrected chi connectivity index (χ4v) is 1.79. The van der Waals surface area contributed by atoms with E-state index in [0.29, 0.717) is 6.54 Å². The minimum Gasteiger partial charge on any atom is -0.481 e. The molecule has 2 atom stereocenters. The zero-order valence-corrected chi connectivity index (χ0v) is 8.13. The Balaban J connectivity index is 2.70. The third-order valence-electron chi connectivity index (χ3n) is 2.49. The van der Waals surface area contributed by atoms with Gasteiger partial charge in [0.15, 0.2) is 0 Å². The van der Waals surface area contributed by atoms with Crippen molar-refractivity contribution in [3.8, 4) is 0 Å². The van der Waals surface area contributed by atoms with Crippen LogP contribution in [-0.4, -0.2) is 23.0 Å². The van der Waals surface area contributed by atoms with Crippen molar-refractivity contribution in [3.05, 3.63) is 12.2 Å². The van der Waals surface area contributed by atoms with Crippen molar-refractivity contribution in [2.45, 2.75) is 24.6 Å². The standard InChI is InChI=1S/C9H14ClNO2/c10-7-1-3-9(6-11,4-2-7)5-8(12)13/h1,3,7H,2,4-6,11H2,(H,12,13). The number of rotatable bonds is 3. The van der Waals surface area contributed by atoms with Gasteiger partial charge in [-0.1, -0.05) is 12.2 Å². The molecule has 3 N–H and O–H groups in total. The molecule has 0 saturated carbocycles. The van der Waals surface area contributed by atoms with E-state index < -0.39 is 5.97 Å². The van der Waals surface area contributed by atoms with Crippen LogP contribution in [0.3, 0.4) is 0 Å². The molecule has 0 aliphatic heterocycles. The summed E-state index contributed by atoms with van der Waals surface area (Å²) in [6, 6.07) is 0. The summed E-state index contributed by atoms with van der Waals surface area (Å²) in [5.74, 6) is -0.803. The first-order valence-corrected chi connectivity index (χ1v) is 4.77. The summed E-state index contributed by atoms with van der Waals surface area (Å²) in [5, 5.41) is 8.74. The van der Waals surface area contributed by atoms with E-state index in [-0.39, 0.29) is 17.2 Å². The summed E-state index contributed by atoms with van der Waals surface area (Å²) >= 11 is 5.86. The van der Waals surface area contributed by atoms with Gasteiger partial charge in [0.2, 0.25) is 0 Å². The lowest BCUT2D eigenvalue weighted by molar-refractivity contribution is -0.139. The van der Waals surface area contributed by atoms with E-state index in [1.165, 1.54) is 0 Å². The molecule has 0 fully saturated rings. The van der Waals surface area contributed by atoms with E-state index in [0.717, 1.165) is 12.8 Å². The first-order chi connectivity index (χ1) is 6.08. The second kappa shape index (κ2) is 4.11. The van der Waals surface area contributed by atoms with Crippen LogP contribution in [-0.2, 0) is 4.79 Å². The molecule has 3 nitrogen and oxygen atoms in total. The van der Waals surface area contributed by atoms with E-state index >= 15 is 0 Å². The minimum absolute atomic E-state index is 0.0356. The van der Waals surface area contributed by atoms with Gasteiger partial charge in [-0.15, -0.1) is 11.6 Å². The van der Waals surface area contributed by atoms with Gasteiger partial charge in [-0.2, -0.15) is 0 Å². The summed E-state index contributed by atoms with van der Waals surface area (Å²) in [4.78, 5) is 10.6. The van der Waals surface area contributed by atoms with Gasteiger partial charge in [0.1, 0.15) is 0 Å². The van der Waals surface area contributed by atoms with Crippen molar-refractivity contribution in [3.63, 3.8) is 0 Å². The average Bonchev–Trinajstić information content (AvgIpc) is 2.09. The van der Waals surface area contributed by atoms with Gasteiger partial charge in [-0.05, 0) is 12.8 Å². The highest BCUT2D eigenvalue weighted by molar-refractivity contribution is 6.21. The Labute approximate surface area is 82.6 Å². The van der Waals surface area contributed by atoms with Crippen molar-refractivity contribution in [2.24, 2.45) is 11.1 Å². The number of alkyl halides is 1. The molecule has 1 aliphatic rings. The smallest absolute Gasteiger partial charge is 0.304 e. The Morgan fingerprint density at radius 3 is 2.85 bits per heavy atom. The molecule has 0 heterocycles. The van der Waals surface area contributed by atoms with Gasteiger partial charge in [-0.25, -0.2) is 0 Å². The minimum atomic E-state index is -0.803. The Bertz CT molecular complexity index is 230. The van der Waals surface area contributed by atoms with Gasteiger partial charge in [0.25, 0.3) is 0 Å². The number of halogens is 1. The summed E-state index contributed by atoms with van der Waals surface area (Å²) in [7, 11) is 0. The third-order valence-corrected chi connectivity index (χ3v) is 2.85. The quantitative estimate of drug-likeness (QED) is 0.538. The molecule has 13 heavy (non-hydrogen) atoms. The lowest BCUT2D eigenvalue weighted by atomic mass is 9.76. The third kappa shape index (κ3) is 2.71. The Kier molecular flexibility index (Phi) is 3.33. The number of hydrogen-bond acceptors (Lipinski definition) is 2. The first kappa shape index (κ1) is 10.5. The zero-order valence-electron chi connectivity index (χ0n) is 7.37. The van der Waals surface area contributed by atoms with E-state index in [9.17, 15) is 4.79 Å². The lowest BCUT2D eigenvalue weighted by Crippen LogP contribution is -2.34. The van der Waals surface area contributed by atoms with Crippen LogP contribution < -0.4 is 5.73 Å². The van der Waals surface area contributed by atoms with Crippen LogP contribution >= 0.6 is 11.6 Å². The molecule has 74 valence electrons. The van der Waals surface area contributed by atoms with E-state index in [4.69, 9.17) is 22.4 Å². The van der Waals surface area contributed by atoms with Crippen molar-refractivity contribution >= 4 is 17.6 Å². The average molecular weight is 204 g/mol. The number of hydrogen-bond donors (Lipinski definition) is 2. The molecule has 0 aromatic carbocycles. The lowest BCUT2D eigenvalue weighted by Gasteiger charge is -2.31. The Hall–Kier alpha value is -0.540. The topological polar surface area (TPSA) is 63.3 Å². The molecule has 1 aliphatic carbocycles.